The van der Waals surface area contributed by atoms with Crippen LogP contribution in [0.5, 0.6) is 5.75 Å². The molecular formula is C27H26F3NO3. The van der Waals surface area contributed by atoms with E-state index >= 15 is 0 Å². The molecule has 0 radical (unpaired) electrons. The summed E-state index contributed by atoms with van der Waals surface area (Å²) in [7, 11) is 0. The highest BCUT2D eigenvalue weighted by atomic mass is 19.4. The van der Waals surface area contributed by atoms with E-state index in [-0.39, 0.29) is 29.2 Å². The highest BCUT2D eigenvalue weighted by Gasteiger charge is 2.36. The van der Waals surface area contributed by atoms with Gasteiger partial charge in [-0.1, -0.05) is 61.9 Å². The number of halogens is 3. The third kappa shape index (κ3) is 5.25. The molecule has 178 valence electrons. The van der Waals surface area contributed by atoms with Crippen molar-refractivity contribution in [3.05, 3.63) is 101 Å². The van der Waals surface area contributed by atoms with Gasteiger partial charge in [-0.05, 0) is 58.9 Å². The van der Waals surface area contributed by atoms with Crippen LogP contribution < -0.4 is 10.1 Å². The molecule has 0 amide bonds. The molecule has 3 atom stereocenters. The van der Waals surface area contributed by atoms with Gasteiger partial charge in [0.25, 0.3) is 0 Å². The first-order valence-electron chi connectivity index (χ1n) is 11.3. The molecular weight excluding hydrogens is 443 g/mol. The molecule has 34 heavy (non-hydrogen) atoms. The Bertz CT molecular complexity index is 1130. The fraction of sp³-hybridized carbons (Fsp3) is 0.296. The Morgan fingerprint density at radius 3 is 2.29 bits per heavy atom. The van der Waals surface area contributed by atoms with Gasteiger partial charge in [-0.25, -0.2) is 4.79 Å². The van der Waals surface area contributed by atoms with E-state index in [2.05, 4.69) is 29.1 Å². The number of carbonyl (C=O) groups is 1. The Hall–Kier alpha value is -3.32. The lowest BCUT2D eigenvalue weighted by Crippen LogP contribution is -2.26. The first-order valence-corrected chi connectivity index (χ1v) is 11.3. The lowest BCUT2D eigenvalue weighted by molar-refractivity contribution is -0.274. The van der Waals surface area contributed by atoms with Gasteiger partial charge in [-0.15, -0.1) is 13.2 Å². The van der Waals surface area contributed by atoms with Crippen molar-refractivity contribution >= 4 is 5.97 Å². The Morgan fingerprint density at radius 2 is 1.68 bits per heavy atom. The zero-order chi connectivity index (χ0) is 24.3. The SMILES string of the molecule is CCCC(c1ccc(C(=O)O)cc1)C(c1ccc(OC(F)(F)F)cc1)C1NCc2ccccc21. The number of hydrogen-bond donors (Lipinski definition) is 2. The van der Waals surface area contributed by atoms with Crippen molar-refractivity contribution in [1.29, 1.82) is 0 Å². The van der Waals surface area contributed by atoms with E-state index in [1.165, 1.54) is 23.3 Å². The molecule has 0 saturated carbocycles. The maximum atomic E-state index is 12.7. The third-order valence-electron chi connectivity index (χ3n) is 6.38. The van der Waals surface area contributed by atoms with Crippen molar-refractivity contribution in [3.8, 4) is 5.75 Å². The number of fused-ring (bicyclic) bond motifs is 1. The average Bonchev–Trinajstić information content (AvgIpc) is 3.23. The smallest absolute Gasteiger partial charge is 0.478 e. The molecule has 1 aliphatic rings. The summed E-state index contributed by atoms with van der Waals surface area (Å²) in [4.78, 5) is 11.3. The summed E-state index contributed by atoms with van der Waals surface area (Å²) in [6, 6.07) is 21.1. The highest BCUT2D eigenvalue weighted by Crippen LogP contribution is 2.47. The molecule has 0 spiro atoms. The number of benzene rings is 3. The van der Waals surface area contributed by atoms with Crippen LogP contribution in [0.4, 0.5) is 13.2 Å². The van der Waals surface area contributed by atoms with Gasteiger partial charge >= 0.3 is 12.3 Å². The Kier molecular flexibility index (Phi) is 6.93. The predicted octanol–water partition coefficient (Wildman–Crippen LogP) is 6.80. The number of ether oxygens (including phenoxy) is 1. The molecule has 0 bridgehead atoms. The maximum Gasteiger partial charge on any atom is 0.573 e. The van der Waals surface area contributed by atoms with E-state index < -0.39 is 12.3 Å². The van der Waals surface area contributed by atoms with Crippen LogP contribution in [0.25, 0.3) is 0 Å². The zero-order valence-corrected chi connectivity index (χ0v) is 18.7. The molecule has 0 aromatic heterocycles. The van der Waals surface area contributed by atoms with Crippen LogP contribution >= 0.6 is 0 Å². The number of aromatic carboxylic acids is 1. The highest BCUT2D eigenvalue weighted by molar-refractivity contribution is 5.87. The topological polar surface area (TPSA) is 58.6 Å². The normalized spacial score (nSPS) is 17.1. The average molecular weight is 470 g/mol. The minimum absolute atomic E-state index is 0.0193. The van der Waals surface area contributed by atoms with Crippen LogP contribution in [-0.4, -0.2) is 17.4 Å². The monoisotopic (exact) mass is 469 g/mol. The maximum absolute atomic E-state index is 12.7. The first-order chi connectivity index (χ1) is 16.3. The van der Waals surface area contributed by atoms with Gasteiger partial charge in [-0.3, -0.25) is 0 Å². The summed E-state index contributed by atoms with van der Waals surface area (Å²) in [5.74, 6) is -1.31. The van der Waals surface area contributed by atoms with Crippen molar-refractivity contribution in [2.45, 2.75) is 50.6 Å². The van der Waals surface area contributed by atoms with E-state index in [1.807, 2.05) is 24.3 Å². The fourth-order valence-electron chi connectivity index (χ4n) is 4.94. The summed E-state index contributed by atoms with van der Waals surface area (Å²) < 4.78 is 42.1. The van der Waals surface area contributed by atoms with Gasteiger partial charge in [-0.2, -0.15) is 0 Å². The molecule has 4 rings (SSSR count). The van der Waals surface area contributed by atoms with Gasteiger partial charge in [0.15, 0.2) is 0 Å². The predicted molar refractivity (Wildman–Crippen MR) is 123 cm³/mol. The van der Waals surface area contributed by atoms with Crippen LogP contribution in [0.1, 0.15) is 70.3 Å². The fourth-order valence-corrected chi connectivity index (χ4v) is 4.94. The lowest BCUT2D eigenvalue weighted by atomic mass is 9.73. The second-order valence-electron chi connectivity index (χ2n) is 8.52. The summed E-state index contributed by atoms with van der Waals surface area (Å²) in [6.45, 7) is 2.80. The molecule has 0 fully saturated rings. The van der Waals surface area contributed by atoms with Crippen LogP contribution in [0.15, 0.2) is 72.8 Å². The largest absolute Gasteiger partial charge is 0.573 e. The molecule has 1 heterocycles. The van der Waals surface area contributed by atoms with Crippen LogP contribution in [-0.2, 0) is 6.54 Å². The summed E-state index contributed by atoms with van der Waals surface area (Å²) in [5.41, 5.74) is 4.48. The lowest BCUT2D eigenvalue weighted by Gasteiger charge is -2.34. The van der Waals surface area contributed by atoms with Gasteiger partial charge < -0.3 is 15.2 Å². The van der Waals surface area contributed by atoms with Crippen molar-refractivity contribution in [3.63, 3.8) is 0 Å². The molecule has 3 unspecified atom stereocenters. The number of hydrogen-bond acceptors (Lipinski definition) is 3. The van der Waals surface area contributed by atoms with Crippen molar-refractivity contribution in [2.75, 3.05) is 0 Å². The van der Waals surface area contributed by atoms with E-state index in [9.17, 15) is 23.1 Å². The molecule has 3 aromatic carbocycles. The summed E-state index contributed by atoms with van der Waals surface area (Å²) in [6.07, 6.45) is -3.02. The summed E-state index contributed by atoms with van der Waals surface area (Å²) in [5, 5.41) is 12.9. The van der Waals surface area contributed by atoms with E-state index in [1.54, 1.807) is 24.3 Å². The standard InChI is InChI=1S/C27H26F3NO3/c1-2-5-22(17-8-10-19(11-9-17)26(32)33)24(25-23-7-4-3-6-20(23)16-31-25)18-12-14-21(15-13-18)34-27(28,29)30/h3-4,6-15,22,24-25,31H,2,5,16H2,1H3,(H,32,33). The van der Waals surface area contributed by atoms with E-state index in [0.29, 0.717) is 6.54 Å². The molecule has 3 aromatic rings. The number of carboxylic acids is 1. The molecule has 7 heteroatoms. The minimum Gasteiger partial charge on any atom is -0.478 e. The molecule has 4 nitrogen and oxygen atoms in total. The first kappa shape index (κ1) is 23.8. The van der Waals surface area contributed by atoms with Crippen LogP contribution in [0, 0.1) is 0 Å². The molecule has 2 N–H and O–H groups in total. The van der Waals surface area contributed by atoms with Crippen molar-refractivity contribution < 1.29 is 27.8 Å². The molecule has 1 aliphatic heterocycles. The van der Waals surface area contributed by atoms with Gasteiger partial charge in [0, 0.05) is 18.5 Å². The number of nitrogens with one attached hydrogen (secondary N) is 1. The summed E-state index contributed by atoms with van der Waals surface area (Å²) >= 11 is 0. The van der Waals surface area contributed by atoms with E-state index in [4.69, 9.17) is 0 Å². The Balaban J connectivity index is 1.77. The van der Waals surface area contributed by atoms with Gasteiger partial charge in [0.1, 0.15) is 5.75 Å². The molecule has 0 saturated heterocycles. The van der Waals surface area contributed by atoms with Crippen LogP contribution in [0.2, 0.25) is 0 Å². The van der Waals surface area contributed by atoms with Gasteiger partial charge in [0.05, 0.1) is 5.56 Å². The second-order valence-corrected chi connectivity index (χ2v) is 8.52. The van der Waals surface area contributed by atoms with Crippen molar-refractivity contribution in [2.24, 2.45) is 0 Å². The quantitative estimate of drug-likeness (QED) is 0.381. The number of alkyl halides is 3. The van der Waals surface area contributed by atoms with Gasteiger partial charge in [0.2, 0.25) is 0 Å². The third-order valence-corrected chi connectivity index (χ3v) is 6.38. The Labute approximate surface area is 196 Å². The second kappa shape index (κ2) is 9.89. The van der Waals surface area contributed by atoms with Crippen molar-refractivity contribution in [1.82, 2.24) is 5.32 Å². The number of carboxylic acid groups (broad SMARTS) is 1. The Morgan fingerprint density at radius 1 is 1.03 bits per heavy atom. The minimum atomic E-state index is -4.75. The number of rotatable bonds is 8. The molecule has 0 aliphatic carbocycles. The van der Waals surface area contributed by atoms with E-state index in [0.717, 1.165) is 24.0 Å². The zero-order valence-electron chi connectivity index (χ0n) is 18.7. The van der Waals surface area contributed by atoms with Crippen LogP contribution in [0.3, 0.4) is 0 Å².